The van der Waals surface area contributed by atoms with Crippen LogP contribution in [0.15, 0.2) is 4.42 Å². The van der Waals surface area contributed by atoms with Gasteiger partial charge in [-0.05, 0) is 46.5 Å². The molecule has 114 valence electrons. The molecular formula is C14H26N4O2. The zero-order valence-corrected chi connectivity index (χ0v) is 12.7. The largest absolute Gasteiger partial charge is 0.407 e. The van der Waals surface area contributed by atoms with E-state index in [4.69, 9.17) is 9.15 Å². The molecule has 1 fully saturated rings. The van der Waals surface area contributed by atoms with E-state index in [0.717, 1.165) is 26.0 Å². The number of nitrogens with one attached hydrogen (secondary N) is 2. The van der Waals surface area contributed by atoms with Gasteiger partial charge in [-0.25, -0.2) is 0 Å². The molecule has 6 heteroatoms. The normalized spacial score (nSPS) is 20.1. The quantitative estimate of drug-likeness (QED) is 0.834. The summed E-state index contributed by atoms with van der Waals surface area (Å²) in [6.07, 6.45) is 4.98. The van der Waals surface area contributed by atoms with Gasteiger partial charge in [-0.3, -0.25) is 0 Å². The van der Waals surface area contributed by atoms with Crippen LogP contribution in [0, 0.1) is 0 Å². The first-order valence-corrected chi connectivity index (χ1v) is 7.46. The van der Waals surface area contributed by atoms with Crippen LogP contribution in [-0.4, -0.2) is 35.0 Å². The number of hydrogen-bond donors (Lipinski definition) is 2. The smallest absolute Gasteiger partial charge is 0.315 e. The molecule has 2 rings (SSSR count). The first-order chi connectivity index (χ1) is 9.53. The van der Waals surface area contributed by atoms with Gasteiger partial charge in [0.15, 0.2) is 0 Å². The van der Waals surface area contributed by atoms with Crippen LogP contribution in [0.3, 0.4) is 0 Å². The monoisotopic (exact) mass is 282 g/mol. The fourth-order valence-electron chi connectivity index (χ4n) is 2.11. The molecule has 0 amide bonds. The van der Waals surface area contributed by atoms with E-state index in [1.807, 2.05) is 0 Å². The Labute approximate surface area is 120 Å². The van der Waals surface area contributed by atoms with Crippen molar-refractivity contribution in [2.75, 3.05) is 18.5 Å². The zero-order chi connectivity index (χ0) is 14.4. The van der Waals surface area contributed by atoms with E-state index in [1.165, 1.54) is 12.8 Å². The minimum Gasteiger partial charge on any atom is -0.407 e. The maximum absolute atomic E-state index is 5.68. The molecule has 0 saturated carbocycles. The third-order valence-electron chi connectivity index (χ3n) is 3.25. The van der Waals surface area contributed by atoms with Crippen molar-refractivity contribution < 1.29 is 9.15 Å². The lowest BCUT2D eigenvalue weighted by atomic mass is 10.1. The van der Waals surface area contributed by atoms with E-state index in [1.54, 1.807) is 0 Å². The third-order valence-corrected chi connectivity index (χ3v) is 3.25. The van der Waals surface area contributed by atoms with Gasteiger partial charge in [0.05, 0.1) is 12.6 Å². The molecule has 1 aliphatic rings. The zero-order valence-electron chi connectivity index (χ0n) is 12.7. The van der Waals surface area contributed by atoms with Gasteiger partial charge in [-0.15, -0.1) is 5.10 Å². The minimum absolute atomic E-state index is 0.0420. The number of aromatic nitrogens is 2. The van der Waals surface area contributed by atoms with E-state index in [0.29, 0.717) is 24.6 Å². The topological polar surface area (TPSA) is 72.2 Å². The number of rotatable bonds is 6. The molecule has 6 nitrogen and oxygen atoms in total. The highest BCUT2D eigenvalue weighted by molar-refractivity contribution is 5.16. The first kappa shape index (κ1) is 15.3. The van der Waals surface area contributed by atoms with Gasteiger partial charge < -0.3 is 19.8 Å². The summed E-state index contributed by atoms with van der Waals surface area (Å²) in [4.78, 5) is 0. The molecule has 1 aromatic heterocycles. The maximum atomic E-state index is 5.68. The highest BCUT2D eigenvalue weighted by atomic mass is 16.5. The van der Waals surface area contributed by atoms with Crippen molar-refractivity contribution in [1.29, 1.82) is 0 Å². The number of hydrogen-bond acceptors (Lipinski definition) is 6. The summed E-state index contributed by atoms with van der Waals surface area (Å²) >= 11 is 0. The van der Waals surface area contributed by atoms with Crippen LogP contribution in [0.1, 0.15) is 52.3 Å². The van der Waals surface area contributed by atoms with Crippen LogP contribution in [0.2, 0.25) is 0 Å². The first-order valence-electron chi connectivity index (χ1n) is 7.46. The summed E-state index contributed by atoms with van der Waals surface area (Å²) < 4.78 is 11.2. The highest BCUT2D eigenvalue weighted by Gasteiger charge is 2.14. The lowest BCUT2D eigenvalue weighted by Crippen LogP contribution is -2.35. The van der Waals surface area contributed by atoms with Gasteiger partial charge in [0.2, 0.25) is 5.89 Å². The predicted molar refractivity (Wildman–Crippen MR) is 77.6 cm³/mol. The van der Waals surface area contributed by atoms with Gasteiger partial charge in [0.1, 0.15) is 0 Å². The molecule has 2 N–H and O–H groups in total. The number of ether oxygens (including phenoxy) is 1. The molecule has 20 heavy (non-hydrogen) atoms. The molecule has 1 aliphatic heterocycles. The van der Waals surface area contributed by atoms with Gasteiger partial charge in [-0.1, -0.05) is 5.10 Å². The highest BCUT2D eigenvalue weighted by Crippen LogP contribution is 2.15. The minimum atomic E-state index is 0.0420. The Balaban J connectivity index is 1.67. The van der Waals surface area contributed by atoms with Crippen molar-refractivity contribution in [3.8, 4) is 0 Å². The van der Waals surface area contributed by atoms with Gasteiger partial charge >= 0.3 is 6.01 Å². The number of nitrogens with zero attached hydrogens (tertiary/aromatic N) is 2. The standard InChI is InChI=1S/C14H26N4O2/c1-14(2,3)16-10-12-17-18-13(20-12)15-8-7-11-6-4-5-9-19-11/h11,16H,4-10H2,1-3H3,(H,15,18). The Kier molecular flexibility index (Phi) is 5.37. The lowest BCUT2D eigenvalue weighted by Gasteiger charge is -2.22. The van der Waals surface area contributed by atoms with E-state index >= 15 is 0 Å². The molecule has 0 bridgehead atoms. The van der Waals surface area contributed by atoms with Gasteiger partial charge in [0.25, 0.3) is 0 Å². The van der Waals surface area contributed by atoms with E-state index in [-0.39, 0.29) is 5.54 Å². The van der Waals surface area contributed by atoms with Crippen LogP contribution in [-0.2, 0) is 11.3 Å². The summed E-state index contributed by atoms with van der Waals surface area (Å²) in [5.74, 6) is 0.608. The molecule has 1 saturated heterocycles. The second kappa shape index (κ2) is 7.04. The SMILES string of the molecule is CC(C)(C)NCc1nnc(NCCC2CCCCO2)o1. The van der Waals surface area contributed by atoms with Crippen molar-refractivity contribution in [2.24, 2.45) is 0 Å². The summed E-state index contributed by atoms with van der Waals surface area (Å²) in [5, 5.41) is 14.5. The molecule has 0 spiro atoms. The van der Waals surface area contributed by atoms with Crippen molar-refractivity contribution in [3.05, 3.63) is 5.89 Å². The second-order valence-electron chi connectivity index (χ2n) is 6.31. The molecule has 1 atom stereocenters. The predicted octanol–water partition coefficient (Wildman–Crippen LogP) is 2.33. The van der Waals surface area contributed by atoms with Crippen molar-refractivity contribution in [2.45, 2.75) is 64.6 Å². The van der Waals surface area contributed by atoms with E-state index in [2.05, 4.69) is 41.6 Å². The fraction of sp³-hybridized carbons (Fsp3) is 0.857. The Hall–Kier alpha value is -1.14. The summed E-state index contributed by atoms with van der Waals surface area (Å²) in [7, 11) is 0. The van der Waals surface area contributed by atoms with Crippen LogP contribution in [0.4, 0.5) is 6.01 Å². The van der Waals surface area contributed by atoms with Gasteiger partial charge in [-0.2, -0.15) is 0 Å². The Morgan fingerprint density at radius 1 is 1.25 bits per heavy atom. The van der Waals surface area contributed by atoms with Crippen molar-refractivity contribution >= 4 is 6.01 Å². The Morgan fingerprint density at radius 2 is 2.10 bits per heavy atom. The Bertz CT molecular complexity index is 394. The van der Waals surface area contributed by atoms with E-state index in [9.17, 15) is 0 Å². The maximum Gasteiger partial charge on any atom is 0.315 e. The Morgan fingerprint density at radius 3 is 2.80 bits per heavy atom. The number of anilines is 1. The van der Waals surface area contributed by atoms with Crippen LogP contribution in [0.5, 0.6) is 0 Å². The summed E-state index contributed by atoms with van der Waals surface area (Å²) in [6, 6.07) is 0.492. The molecule has 0 aromatic carbocycles. The average Bonchev–Trinajstić information content (AvgIpc) is 2.85. The second-order valence-corrected chi connectivity index (χ2v) is 6.31. The van der Waals surface area contributed by atoms with Crippen LogP contribution in [0.25, 0.3) is 0 Å². The fourth-order valence-corrected chi connectivity index (χ4v) is 2.11. The molecule has 2 heterocycles. The molecule has 0 radical (unpaired) electrons. The molecule has 0 aliphatic carbocycles. The van der Waals surface area contributed by atoms with Crippen molar-refractivity contribution in [3.63, 3.8) is 0 Å². The summed E-state index contributed by atoms with van der Waals surface area (Å²) in [6.45, 7) is 8.60. The van der Waals surface area contributed by atoms with Crippen LogP contribution >= 0.6 is 0 Å². The van der Waals surface area contributed by atoms with Crippen molar-refractivity contribution in [1.82, 2.24) is 15.5 Å². The molecule has 1 unspecified atom stereocenters. The molecule has 1 aromatic rings. The van der Waals surface area contributed by atoms with Gasteiger partial charge in [0, 0.05) is 18.7 Å². The lowest BCUT2D eigenvalue weighted by molar-refractivity contribution is 0.0134. The van der Waals surface area contributed by atoms with Crippen LogP contribution < -0.4 is 10.6 Å². The molecular weight excluding hydrogens is 256 g/mol. The van der Waals surface area contributed by atoms with E-state index < -0.39 is 0 Å². The average molecular weight is 282 g/mol. The third kappa shape index (κ3) is 5.46. The summed E-state index contributed by atoms with van der Waals surface area (Å²) in [5.41, 5.74) is 0.0420.